The molecule has 11 heteroatoms. The Hall–Kier alpha value is -2.50. The predicted octanol–water partition coefficient (Wildman–Crippen LogP) is 1.33. The summed E-state index contributed by atoms with van der Waals surface area (Å²) in [7, 11) is -1.78. The lowest BCUT2D eigenvalue weighted by atomic mass is 10.2. The molecule has 1 aliphatic rings. The number of fused-ring (bicyclic) bond motifs is 1. The Balaban J connectivity index is 1.75. The highest BCUT2D eigenvalue weighted by Crippen LogP contribution is 2.23. The van der Waals surface area contributed by atoms with E-state index in [4.69, 9.17) is 9.47 Å². The van der Waals surface area contributed by atoms with Crippen LogP contribution >= 0.6 is 0 Å². The average molecular weight is 481 g/mol. The van der Waals surface area contributed by atoms with Gasteiger partial charge in [-0.1, -0.05) is 0 Å². The number of sulfonamides is 1. The zero-order valence-corrected chi connectivity index (χ0v) is 20.4. The number of amides is 1. The van der Waals surface area contributed by atoms with E-state index in [1.807, 2.05) is 25.5 Å². The third-order valence-electron chi connectivity index (χ3n) is 5.66. The number of esters is 1. The topological polar surface area (TPSA) is 111 Å². The molecule has 0 unspecified atom stereocenters. The molecule has 1 fully saturated rings. The van der Waals surface area contributed by atoms with Crippen LogP contribution in [0.15, 0.2) is 23.1 Å². The van der Waals surface area contributed by atoms with Crippen molar-refractivity contribution < 1.29 is 27.5 Å². The van der Waals surface area contributed by atoms with E-state index in [9.17, 15) is 18.0 Å². The standard InChI is InChI=1S/C22H32N4O6S/c1-5-32-22(28)15-26(16(2)3)21(27)9-8-20-23-18-14-17(6-7-19(18)24(20)4)33(29,30)25-10-12-31-13-11-25/h6-7,14,16H,5,8-13,15H2,1-4H3. The van der Waals surface area contributed by atoms with E-state index in [0.717, 1.165) is 5.52 Å². The van der Waals surface area contributed by atoms with Crippen LogP contribution in [0.5, 0.6) is 0 Å². The maximum Gasteiger partial charge on any atom is 0.325 e. The summed E-state index contributed by atoms with van der Waals surface area (Å²) in [5, 5.41) is 0. The van der Waals surface area contributed by atoms with E-state index < -0.39 is 16.0 Å². The Kier molecular flexibility index (Phi) is 8.09. The lowest BCUT2D eigenvalue weighted by molar-refractivity contribution is -0.150. The van der Waals surface area contributed by atoms with Crippen LogP contribution in [-0.4, -0.2) is 84.5 Å². The first kappa shape index (κ1) is 25.1. The van der Waals surface area contributed by atoms with Crippen molar-refractivity contribution in [3.8, 4) is 0 Å². The summed E-state index contributed by atoms with van der Waals surface area (Å²) in [5.41, 5.74) is 1.34. The molecule has 0 radical (unpaired) electrons. The van der Waals surface area contributed by atoms with Gasteiger partial charge in [-0.2, -0.15) is 4.31 Å². The molecule has 0 bridgehead atoms. The zero-order chi connectivity index (χ0) is 24.2. The zero-order valence-electron chi connectivity index (χ0n) is 19.6. The smallest absolute Gasteiger partial charge is 0.325 e. The fourth-order valence-corrected chi connectivity index (χ4v) is 5.24. The highest BCUT2D eigenvalue weighted by molar-refractivity contribution is 7.89. The molecule has 0 N–H and O–H groups in total. The maximum atomic E-state index is 13.0. The van der Waals surface area contributed by atoms with Crippen LogP contribution < -0.4 is 0 Å². The molecule has 0 atom stereocenters. The van der Waals surface area contributed by atoms with Crippen molar-refractivity contribution in [1.29, 1.82) is 0 Å². The minimum Gasteiger partial charge on any atom is -0.465 e. The minimum absolute atomic E-state index is 0.0877. The van der Waals surface area contributed by atoms with Gasteiger partial charge in [-0.3, -0.25) is 9.59 Å². The highest BCUT2D eigenvalue weighted by Gasteiger charge is 2.27. The molecule has 2 aromatic rings. The van der Waals surface area contributed by atoms with Crippen molar-refractivity contribution in [3.05, 3.63) is 24.0 Å². The molecule has 182 valence electrons. The van der Waals surface area contributed by atoms with Crippen LogP contribution in [0.3, 0.4) is 0 Å². The Morgan fingerprint density at radius 1 is 1.24 bits per heavy atom. The molecular weight excluding hydrogens is 448 g/mol. The van der Waals surface area contributed by atoms with E-state index >= 15 is 0 Å². The Bertz CT molecular complexity index is 1110. The molecule has 0 saturated carbocycles. The number of carbonyl (C=O) groups is 2. The number of benzene rings is 1. The SMILES string of the molecule is CCOC(=O)CN(C(=O)CCc1nc2cc(S(=O)(=O)N3CCOCC3)ccc2n1C)C(C)C. The normalized spacial score (nSPS) is 15.2. The molecule has 1 amide bonds. The number of hydrogen-bond acceptors (Lipinski definition) is 7. The second-order valence-electron chi connectivity index (χ2n) is 8.17. The van der Waals surface area contributed by atoms with Crippen molar-refractivity contribution in [2.75, 3.05) is 39.5 Å². The number of carbonyl (C=O) groups excluding carboxylic acids is 2. The van der Waals surface area contributed by atoms with Gasteiger partial charge in [0, 0.05) is 39.0 Å². The van der Waals surface area contributed by atoms with Crippen LogP contribution in [0.1, 0.15) is 33.0 Å². The van der Waals surface area contributed by atoms with E-state index in [1.54, 1.807) is 25.1 Å². The third kappa shape index (κ3) is 5.71. The third-order valence-corrected chi connectivity index (χ3v) is 7.56. The van der Waals surface area contributed by atoms with E-state index in [-0.39, 0.29) is 36.4 Å². The Morgan fingerprint density at radius 2 is 1.94 bits per heavy atom. The molecule has 1 aromatic carbocycles. The lowest BCUT2D eigenvalue weighted by Gasteiger charge is -2.26. The molecule has 33 heavy (non-hydrogen) atoms. The van der Waals surface area contributed by atoms with Gasteiger partial charge in [0.05, 0.1) is 35.7 Å². The number of hydrogen-bond donors (Lipinski definition) is 0. The Labute approximate surface area is 194 Å². The molecule has 1 aromatic heterocycles. The molecule has 2 heterocycles. The fourth-order valence-electron chi connectivity index (χ4n) is 3.82. The van der Waals surface area contributed by atoms with Gasteiger partial charge in [0.15, 0.2) is 0 Å². The van der Waals surface area contributed by atoms with Gasteiger partial charge in [0.1, 0.15) is 12.4 Å². The number of rotatable bonds is 9. The largest absolute Gasteiger partial charge is 0.465 e. The lowest BCUT2D eigenvalue weighted by Crippen LogP contribution is -2.41. The quantitative estimate of drug-likeness (QED) is 0.498. The van der Waals surface area contributed by atoms with Gasteiger partial charge in [0.25, 0.3) is 0 Å². The average Bonchev–Trinajstić information content (AvgIpc) is 3.11. The highest BCUT2D eigenvalue weighted by atomic mass is 32.2. The number of aryl methyl sites for hydroxylation is 2. The van der Waals surface area contributed by atoms with Gasteiger partial charge in [-0.15, -0.1) is 0 Å². The second kappa shape index (κ2) is 10.6. The van der Waals surface area contributed by atoms with Crippen LogP contribution in [-0.2, 0) is 42.6 Å². The van der Waals surface area contributed by atoms with E-state index in [0.29, 0.717) is 44.1 Å². The first-order valence-electron chi connectivity index (χ1n) is 11.1. The van der Waals surface area contributed by atoms with Crippen molar-refractivity contribution in [2.45, 2.75) is 44.6 Å². The predicted molar refractivity (Wildman–Crippen MR) is 122 cm³/mol. The van der Waals surface area contributed by atoms with Crippen molar-refractivity contribution in [2.24, 2.45) is 7.05 Å². The van der Waals surface area contributed by atoms with Gasteiger partial charge >= 0.3 is 5.97 Å². The van der Waals surface area contributed by atoms with Gasteiger partial charge < -0.3 is 18.9 Å². The van der Waals surface area contributed by atoms with Crippen LogP contribution in [0, 0.1) is 0 Å². The summed E-state index contributed by atoms with van der Waals surface area (Å²) in [5.74, 6) is 0.0658. The summed E-state index contributed by atoms with van der Waals surface area (Å²) >= 11 is 0. The summed E-state index contributed by atoms with van der Waals surface area (Å²) in [6.45, 7) is 7.02. The number of aromatic nitrogens is 2. The first-order chi connectivity index (χ1) is 15.6. The van der Waals surface area contributed by atoms with Crippen molar-refractivity contribution >= 4 is 32.9 Å². The molecule has 10 nitrogen and oxygen atoms in total. The number of ether oxygens (including phenoxy) is 2. The monoisotopic (exact) mass is 480 g/mol. The summed E-state index contributed by atoms with van der Waals surface area (Å²) in [4.78, 5) is 30.9. The molecule has 0 spiro atoms. The molecule has 3 rings (SSSR count). The molecule has 1 aliphatic heterocycles. The van der Waals surface area contributed by atoms with E-state index in [2.05, 4.69) is 4.98 Å². The van der Waals surface area contributed by atoms with Crippen LogP contribution in [0.4, 0.5) is 0 Å². The van der Waals surface area contributed by atoms with Crippen molar-refractivity contribution in [3.63, 3.8) is 0 Å². The van der Waals surface area contributed by atoms with Gasteiger partial charge in [-0.05, 0) is 39.0 Å². The molecular formula is C22H32N4O6S. The number of morpholine rings is 1. The van der Waals surface area contributed by atoms with Crippen LogP contribution in [0.25, 0.3) is 11.0 Å². The first-order valence-corrected chi connectivity index (χ1v) is 12.6. The molecule has 0 aliphatic carbocycles. The second-order valence-corrected chi connectivity index (χ2v) is 10.1. The summed E-state index contributed by atoms with van der Waals surface area (Å²) < 4.78 is 39.4. The van der Waals surface area contributed by atoms with Gasteiger partial charge in [0.2, 0.25) is 15.9 Å². The minimum atomic E-state index is -3.62. The summed E-state index contributed by atoms with van der Waals surface area (Å²) in [6.07, 6.45) is 0.537. The number of nitrogens with zero attached hydrogens (tertiary/aromatic N) is 4. The maximum absolute atomic E-state index is 13.0. The Morgan fingerprint density at radius 3 is 2.58 bits per heavy atom. The molecule has 1 saturated heterocycles. The fraction of sp³-hybridized carbons (Fsp3) is 0.591. The summed E-state index contributed by atoms with van der Waals surface area (Å²) in [6, 6.07) is 4.76. The number of imidazole rings is 1. The van der Waals surface area contributed by atoms with Gasteiger partial charge in [-0.25, -0.2) is 13.4 Å². The van der Waals surface area contributed by atoms with Crippen LogP contribution in [0.2, 0.25) is 0 Å². The van der Waals surface area contributed by atoms with E-state index in [1.165, 1.54) is 9.21 Å². The van der Waals surface area contributed by atoms with Crippen molar-refractivity contribution in [1.82, 2.24) is 18.8 Å².